The van der Waals surface area contributed by atoms with Crippen molar-refractivity contribution in [2.75, 3.05) is 0 Å². The first-order valence-corrected chi connectivity index (χ1v) is 4.75. The van der Waals surface area contributed by atoms with E-state index in [0.717, 1.165) is 12.5 Å². The molecular weight excluding hydrogens is 148 g/mol. The first-order valence-electron chi connectivity index (χ1n) is 4.75. The Balaban J connectivity index is 2.50. The van der Waals surface area contributed by atoms with Gasteiger partial charge in [0.15, 0.2) is 0 Å². The van der Waals surface area contributed by atoms with Crippen LogP contribution in [0.4, 0.5) is 0 Å². The molecule has 0 atom stereocenters. The molecule has 1 aromatic rings. The molecule has 0 aliphatic rings. The Kier molecular flexibility index (Phi) is 3.32. The third kappa shape index (κ3) is 2.36. The van der Waals surface area contributed by atoms with Crippen molar-refractivity contribution in [3.05, 3.63) is 18.0 Å². The van der Waals surface area contributed by atoms with Crippen LogP contribution in [-0.4, -0.2) is 9.78 Å². The van der Waals surface area contributed by atoms with Gasteiger partial charge < -0.3 is 0 Å². The van der Waals surface area contributed by atoms with Crippen LogP contribution in [0.1, 0.15) is 32.3 Å². The summed E-state index contributed by atoms with van der Waals surface area (Å²) in [7, 11) is 0. The second-order valence-corrected chi connectivity index (χ2v) is 3.42. The fraction of sp³-hybridized carbons (Fsp3) is 0.700. The van der Waals surface area contributed by atoms with Gasteiger partial charge in [-0.05, 0) is 18.4 Å². The van der Waals surface area contributed by atoms with Gasteiger partial charge >= 0.3 is 0 Å². The van der Waals surface area contributed by atoms with Gasteiger partial charge in [-0.15, -0.1) is 0 Å². The lowest BCUT2D eigenvalue weighted by Gasteiger charge is -2.11. The Morgan fingerprint density at radius 2 is 2.08 bits per heavy atom. The zero-order valence-corrected chi connectivity index (χ0v) is 8.25. The van der Waals surface area contributed by atoms with Gasteiger partial charge in [0.1, 0.15) is 0 Å². The van der Waals surface area contributed by atoms with Crippen molar-refractivity contribution in [3.8, 4) is 0 Å². The summed E-state index contributed by atoms with van der Waals surface area (Å²) in [4.78, 5) is 0. The molecule has 1 rings (SSSR count). The van der Waals surface area contributed by atoms with E-state index < -0.39 is 0 Å². The van der Waals surface area contributed by atoms with Crippen molar-refractivity contribution in [2.24, 2.45) is 5.92 Å². The van der Waals surface area contributed by atoms with E-state index in [0.29, 0.717) is 0 Å². The van der Waals surface area contributed by atoms with E-state index in [1.165, 1.54) is 18.4 Å². The van der Waals surface area contributed by atoms with Gasteiger partial charge in [0.05, 0.1) is 6.20 Å². The average Bonchev–Trinajstić information content (AvgIpc) is 2.47. The summed E-state index contributed by atoms with van der Waals surface area (Å²) in [6, 6.07) is 0. The van der Waals surface area contributed by atoms with Gasteiger partial charge in [-0.25, -0.2) is 0 Å². The normalized spacial score (nSPS) is 11.0. The van der Waals surface area contributed by atoms with E-state index in [-0.39, 0.29) is 0 Å². The van der Waals surface area contributed by atoms with Gasteiger partial charge in [-0.2, -0.15) is 5.10 Å². The molecule has 0 saturated heterocycles. The molecule has 1 aromatic heterocycles. The third-order valence-corrected chi connectivity index (χ3v) is 2.36. The summed E-state index contributed by atoms with van der Waals surface area (Å²) in [5.41, 5.74) is 1.25. The number of hydrogen-bond donors (Lipinski definition) is 0. The lowest BCUT2D eigenvalue weighted by Crippen LogP contribution is -2.09. The number of nitrogens with zero attached hydrogens (tertiary/aromatic N) is 2. The molecule has 0 N–H and O–H groups in total. The zero-order chi connectivity index (χ0) is 8.97. The van der Waals surface area contributed by atoms with Crippen molar-refractivity contribution in [2.45, 2.75) is 40.2 Å². The predicted octanol–water partition coefficient (Wildman–Crippen LogP) is 2.63. The molecule has 0 aromatic carbocycles. The number of aryl methyl sites for hydroxylation is 1. The van der Waals surface area contributed by atoms with Crippen molar-refractivity contribution in [1.82, 2.24) is 9.78 Å². The van der Waals surface area contributed by atoms with Crippen LogP contribution in [0.3, 0.4) is 0 Å². The van der Waals surface area contributed by atoms with Crippen LogP contribution >= 0.6 is 0 Å². The molecule has 68 valence electrons. The maximum absolute atomic E-state index is 4.27. The largest absolute Gasteiger partial charge is 0.272 e. The molecule has 2 heteroatoms. The molecule has 0 amide bonds. The Morgan fingerprint density at radius 1 is 1.42 bits per heavy atom. The van der Waals surface area contributed by atoms with Crippen LogP contribution in [0.2, 0.25) is 0 Å². The molecule has 0 saturated carbocycles. The summed E-state index contributed by atoms with van der Waals surface area (Å²) in [5.74, 6) is 0.782. The van der Waals surface area contributed by atoms with Crippen LogP contribution in [0.15, 0.2) is 12.4 Å². The summed E-state index contributed by atoms with van der Waals surface area (Å²) in [6.45, 7) is 7.63. The molecule has 0 bridgehead atoms. The molecule has 0 aliphatic heterocycles. The fourth-order valence-electron chi connectivity index (χ4n) is 1.38. The topological polar surface area (TPSA) is 17.8 Å². The Hall–Kier alpha value is -0.790. The van der Waals surface area contributed by atoms with E-state index in [4.69, 9.17) is 0 Å². The molecule has 1 heterocycles. The van der Waals surface area contributed by atoms with E-state index >= 15 is 0 Å². The van der Waals surface area contributed by atoms with E-state index in [9.17, 15) is 0 Å². The SMILES string of the molecule is CCC(CC)Cn1cc(C)cn1. The highest BCUT2D eigenvalue weighted by molar-refractivity contribution is 4.99. The minimum atomic E-state index is 0.782. The van der Waals surface area contributed by atoms with Crippen molar-refractivity contribution in [3.63, 3.8) is 0 Å². The Morgan fingerprint density at radius 3 is 2.50 bits per heavy atom. The summed E-state index contributed by atoms with van der Waals surface area (Å²) in [6.07, 6.45) is 6.52. The minimum absolute atomic E-state index is 0.782. The maximum Gasteiger partial charge on any atom is 0.0518 e. The highest BCUT2D eigenvalue weighted by Gasteiger charge is 2.04. The van der Waals surface area contributed by atoms with Gasteiger partial charge in [-0.3, -0.25) is 4.68 Å². The van der Waals surface area contributed by atoms with Crippen LogP contribution < -0.4 is 0 Å². The quantitative estimate of drug-likeness (QED) is 0.672. The molecule has 0 aliphatic carbocycles. The highest BCUT2D eigenvalue weighted by atomic mass is 15.3. The lowest BCUT2D eigenvalue weighted by atomic mass is 10.0. The summed E-state index contributed by atoms with van der Waals surface area (Å²) in [5, 5.41) is 4.27. The Bertz CT molecular complexity index is 223. The van der Waals surface area contributed by atoms with Gasteiger partial charge in [0, 0.05) is 12.7 Å². The molecule has 2 nitrogen and oxygen atoms in total. The predicted molar refractivity (Wildman–Crippen MR) is 51.0 cm³/mol. The van der Waals surface area contributed by atoms with Crippen LogP contribution in [0.25, 0.3) is 0 Å². The summed E-state index contributed by atoms with van der Waals surface area (Å²) < 4.78 is 2.05. The third-order valence-electron chi connectivity index (χ3n) is 2.36. The number of hydrogen-bond acceptors (Lipinski definition) is 1. The fourth-order valence-corrected chi connectivity index (χ4v) is 1.38. The number of aromatic nitrogens is 2. The Labute approximate surface area is 74.6 Å². The van der Waals surface area contributed by atoms with Crippen LogP contribution in [0.5, 0.6) is 0 Å². The molecule has 0 spiro atoms. The second kappa shape index (κ2) is 4.29. The first-order chi connectivity index (χ1) is 5.76. The maximum atomic E-state index is 4.27. The van der Waals surface area contributed by atoms with Crippen LogP contribution in [0, 0.1) is 12.8 Å². The van der Waals surface area contributed by atoms with E-state index in [1.54, 1.807) is 0 Å². The average molecular weight is 166 g/mol. The molecule has 12 heavy (non-hydrogen) atoms. The van der Waals surface area contributed by atoms with E-state index in [1.807, 2.05) is 10.9 Å². The standard InChI is InChI=1S/C10H18N2/c1-4-10(5-2)8-12-7-9(3)6-11-12/h6-7,10H,4-5,8H2,1-3H3. The first kappa shape index (κ1) is 9.30. The second-order valence-electron chi connectivity index (χ2n) is 3.42. The number of rotatable bonds is 4. The molecule has 0 fully saturated rings. The zero-order valence-electron chi connectivity index (χ0n) is 8.25. The van der Waals surface area contributed by atoms with Crippen molar-refractivity contribution < 1.29 is 0 Å². The molecule has 0 unspecified atom stereocenters. The summed E-state index contributed by atoms with van der Waals surface area (Å²) >= 11 is 0. The van der Waals surface area contributed by atoms with Gasteiger partial charge in [0.2, 0.25) is 0 Å². The van der Waals surface area contributed by atoms with Gasteiger partial charge in [-0.1, -0.05) is 26.7 Å². The van der Waals surface area contributed by atoms with E-state index in [2.05, 4.69) is 32.1 Å². The van der Waals surface area contributed by atoms with Gasteiger partial charge in [0.25, 0.3) is 0 Å². The smallest absolute Gasteiger partial charge is 0.0518 e. The van der Waals surface area contributed by atoms with Crippen molar-refractivity contribution in [1.29, 1.82) is 0 Å². The highest BCUT2D eigenvalue weighted by Crippen LogP contribution is 2.10. The minimum Gasteiger partial charge on any atom is -0.272 e. The molecular formula is C10H18N2. The monoisotopic (exact) mass is 166 g/mol. The lowest BCUT2D eigenvalue weighted by molar-refractivity contribution is 0.396. The van der Waals surface area contributed by atoms with Crippen molar-refractivity contribution >= 4 is 0 Å². The van der Waals surface area contributed by atoms with Crippen LogP contribution in [-0.2, 0) is 6.54 Å². The molecule has 0 radical (unpaired) electrons.